The summed E-state index contributed by atoms with van der Waals surface area (Å²) < 4.78 is 10.9. The maximum atomic E-state index is 5.44. The van der Waals surface area contributed by atoms with E-state index < -0.39 is 0 Å². The molecule has 0 aromatic heterocycles. The number of fused-ring (bicyclic) bond motifs is 1. The topological polar surface area (TPSA) is 34.1 Å². The zero-order valence-electron chi connectivity index (χ0n) is 14.8. The van der Waals surface area contributed by atoms with Gasteiger partial charge in [-0.15, -0.1) is 48.0 Å². The Morgan fingerprint density at radius 3 is 2.17 bits per heavy atom. The Morgan fingerprint density at radius 2 is 1.65 bits per heavy atom. The summed E-state index contributed by atoms with van der Waals surface area (Å²) in [6, 6.07) is 4.16. The normalized spacial score (nSPS) is 15.0. The predicted molar refractivity (Wildman–Crippen MR) is 118 cm³/mol. The maximum absolute atomic E-state index is 5.44. The number of aliphatic imine (C=N–C) groups is 1. The number of halogens is 2. The lowest BCUT2D eigenvalue weighted by Gasteiger charge is -2.30. The summed E-state index contributed by atoms with van der Waals surface area (Å²) in [6.07, 6.45) is 1.87. The van der Waals surface area contributed by atoms with Crippen LogP contribution in [-0.4, -0.2) is 51.0 Å². The minimum Gasteiger partial charge on any atom is -0.493 e. The van der Waals surface area contributed by atoms with E-state index in [1.165, 1.54) is 11.1 Å². The largest absolute Gasteiger partial charge is 0.493 e. The van der Waals surface area contributed by atoms with Gasteiger partial charge in [-0.3, -0.25) is 4.99 Å². The van der Waals surface area contributed by atoms with Crippen LogP contribution in [0.3, 0.4) is 0 Å². The van der Waals surface area contributed by atoms with Gasteiger partial charge in [0.25, 0.3) is 0 Å². The molecule has 1 aliphatic rings. The minimum absolute atomic E-state index is 0. The zero-order chi connectivity index (χ0) is 15.6. The molecule has 0 saturated heterocycles. The van der Waals surface area contributed by atoms with Gasteiger partial charge in [0.1, 0.15) is 0 Å². The second-order valence-electron chi connectivity index (χ2n) is 6.47. The Labute approximate surface area is 174 Å². The Bertz CT molecular complexity index is 558. The number of hydrogen-bond donors (Lipinski definition) is 0. The van der Waals surface area contributed by atoms with Crippen LogP contribution in [-0.2, 0) is 6.42 Å². The first-order chi connectivity index (χ1) is 9.86. The van der Waals surface area contributed by atoms with Crippen molar-refractivity contribution in [1.29, 1.82) is 0 Å². The van der Waals surface area contributed by atoms with E-state index in [1.54, 1.807) is 14.2 Å². The fourth-order valence-electron chi connectivity index (χ4n) is 2.79. The fourth-order valence-corrected chi connectivity index (χ4v) is 2.79. The lowest BCUT2D eigenvalue weighted by Crippen LogP contribution is -2.30. The molecule has 0 spiro atoms. The van der Waals surface area contributed by atoms with Gasteiger partial charge in [0.05, 0.1) is 19.8 Å². The van der Waals surface area contributed by atoms with Crippen LogP contribution in [0.2, 0.25) is 0 Å². The van der Waals surface area contributed by atoms with Crippen molar-refractivity contribution < 1.29 is 9.47 Å². The molecule has 4 nitrogen and oxygen atoms in total. The van der Waals surface area contributed by atoms with Crippen molar-refractivity contribution in [2.45, 2.75) is 32.2 Å². The van der Waals surface area contributed by atoms with Gasteiger partial charge in [-0.1, -0.05) is 0 Å². The monoisotopic (exact) mass is 546 g/mol. The van der Waals surface area contributed by atoms with E-state index in [9.17, 15) is 0 Å². The van der Waals surface area contributed by atoms with Crippen LogP contribution < -0.4 is 9.47 Å². The van der Waals surface area contributed by atoms with E-state index in [4.69, 9.17) is 14.5 Å². The van der Waals surface area contributed by atoms with Crippen LogP contribution in [0, 0.1) is 0 Å². The molecule has 0 unspecified atom stereocenters. The molecule has 23 heavy (non-hydrogen) atoms. The highest BCUT2D eigenvalue weighted by molar-refractivity contribution is 14.0. The van der Waals surface area contributed by atoms with E-state index in [2.05, 4.69) is 45.0 Å². The van der Waals surface area contributed by atoms with Crippen LogP contribution in [0.1, 0.15) is 31.4 Å². The molecule has 0 atom stereocenters. The summed E-state index contributed by atoms with van der Waals surface area (Å²) >= 11 is 0. The van der Waals surface area contributed by atoms with Gasteiger partial charge in [-0.05, 0) is 52.1 Å². The molecule has 0 saturated carbocycles. The Morgan fingerprint density at radius 1 is 1.09 bits per heavy atom. The first-order valence-corrected chi connectivity index (χ1v) is 7.35. The summed E-state index contributed by atoms with van der Waals surface area (Å²) in [5.74, 6) is 1.56. The molecule has 0 N–H and O–H groups in total. The third-order valence-corrected chi connectivity index (χ3v) is 3.78. The van der Waals surface area contributed by atoms with E-state index in [1.807, 2.05) is 0 Å². The molecule has 1 aliphatic heterocycles. The molecule has 0 bridgehead atoms. The molecule has 0 aliphatic carbocycles. The van der Waals surface area contributed by atoms with Crippen LogP contribution in [0.5, 0.6) is 11.5 Å². The van der Waals surface area contributed by atoms with Crippen molar-refractivity contribution in [2.24, 2.45) is 4.99 Å². The average Bonchev–Trinajstić information content (AvgIpc) is 2.42. The predicted octanol–water partition coefficient (Wildman–Crippen LogP) is 4.02. The fraction of sp³-hybridized carbons (Fsp3) is 0.588. The highest BCUT2D eigenvalue weighted by Gasteiger charge is 2.28. The molecule has 0 amide bonds. The van der Waals surface area contributed by atoms with Crippen molar-refractivity contribution in [3.63, 3.8) is 0 Å². The van der Waals surface area contributed by atoms with Crippen LogP contribution in [0.15, 0.2) is 17.1 Å². The standard InChI is InChI=1S/C17H26N2O2.2HI/c1-17(2)11-12-9-15(20-5)16(21-6)10-13(12)14(18-17)7-8-19(3)4;;/h9-10H,7-8,11H2,1-6H3;2*1H. The van der Waals surface area contributed by atoms with Crippen LogP contribution >= 0.6 is 48.0 Å². The Balaban J connectivity index is 0.00000242. The smallest absolute Gasteiger partial charge is 0.161 e. The second-order valence-corrected chi connectivity index (χ2v) is 6.47. The molecule has 0 radical (unpaired) electrons. The van der Waals surface area contributed by atoms with Gasteiger partial charge in [0.15, 0.2) is 11.5 Å². The summed E-state index contributed by atoms with van der Waals surface area (Å²) in [5, 5.41) is 0. The summed E-state index contributed by atoms with van der Waals surface area (Å²) in [5.41, 5.74) is 3.60. The van der Waals surface area contributed by atoms with Crippen molar-refractivity contribution in [3.8, 4) is 11.5 Å². The first-order valence-electron chi connectivity index (χ1n) is 7.35. The lowest BCUT2D eigenvalue weighted by atomic mass is 9.85. The van der Waals surface area contributed by atoms with Crippen molar-refractivity contribution >= 4 is 53.7 Å². The number of benzene rings is 1. The third-order valence-electron chi connectivity index (χ3n) is 3.78. The summed E-state index contributed by atoms with van der Waals surface area (Å²) in [4.78, 5) is 7.14. The maximum Gasteiger partial charge on any atom is 0.161 e. The van der Waals surface area contributed by atoms with Gasteiger partial charge in [0, 0.05) is 24.2 Å². The number of nitrogens with zero attached hydrogens (tertiary/aromatic N) is 2. The van der Waals surface area contributed by atoms with Gasteiger partial charge in [-0.2, -0.15) is 0 Å². The van der Waals surface area contributed by atoms with Gasteiger partial charge in [-0.25, -0.2) is 0 Å². The molecule has 1 aromatic rings. The van der Waals surface area contributed by atoms with E-state index in [-0.39, 0.29) is 53.5 Å². The highest BCUT2D eigenvalue weighted by atomic mass is 127. The van der Waals surface area contributed by atoms with Gasteiger partial charge >= 0.3 is 0 Å². The summed E-state index contributed by atoms with van der Waals surface area (Å²) in [6.45, 7) is 5.35. The summed E-state index contributed by atoms with van der Waals surface area (Å²) in [7, 11) is 7.53. The van der Waals surface area contributed by atoms with E-state index in [0.29, 0.717) is 0 Å². The molecule has 1 aromatic carbocycles. The molecule has 6 heteroatoms. The number of rotatable bonds is 5. The van der Waals surface area contributed by atoms with Gasteiger partial charge < -0.3 is 14.4 Å². The van der Waals surface area contributed by atoms with Crippen molar-refractivity contribution in [1.82, 2.24) is 4.90 Å². The SMILES string of the molecule is COc1cc2c(cc1OC)C(CCN(C)C)=NC(C)(C)C2.I.I. The second kappa shape index (κ2) is 9.41. The number of hydrogen-bond acceptors (Lipinski definition) is 4. The lowest BCUT2D eigenvalue weighted by molar-refractivity contribution is 0.353. The Kier molecular flexibility index (Phi) is 9.37. The minimum atomic E-state index is -0.0613. The van der Waals surface area contributed by atoms with Crippen molar-refractivity contribution in [2.75, 3.05) is 34.9 Å². The molecular weight excluding hydrogens is 518 g/mol. The molecule has 0 fully saturated rings. The first kappa shape index (κ1) is 22.9. The molecular formula is C17H28I2N2O2. The molecule has 132 valence electrons. The Hall–Kier alpha value is -0.0900. The average molecular weight is 546 g/mol. The number of methoxy groups -OCH3 is 2. The van der Waals surface area contributed by atoms with Gasteiger partial charge in [0.2, 0.25) is 0 Å². The zero-order valence-corrected chi connectivity index (χ0v) is 19.5. The van der Waals surface area contributed by atoms with E-state index in [0.717, 1.165) is 36.6 Å². The molecule has 1 heterocycles. The number of ether oxygens (including phenoxy) is 2. The quantitative estimate of drug-likeness (QED) is 0.524. The highest BCUT2D eigenvalue weighted by Crippen LogP contribution is 2.36. The molecule has 2 rings (SSSR count). The van der Waals surface area contributed by atoms with Crippen LogP contribution in [0.4, 0.5) is 0 Å². The van der Waals surface area contributed by atoms with Crippen molar-refractivity contribution in [3.05, 3.63) is 23.3 Å². The van der Waals surface area contributed by atoms with Crippen LogP contribution in [0.25, 0.3) is 0 Å². The third kappa shape index (κ3) is 5.74. The van der Waals surface area contributed by atoms with E-state index >= 15 is 0 Å².